The van der Waals surface area contributed by atoms with Gasteiger partial charge >= 0.3 is 0 Å². The lowest BCUT2D eigenvalue weighted by molar-refractivity contribution is 1.42. The molecule has 0 aliphatic rings. The highest BCUT2D eigenvalue weighted by Crippen LogP contribution is 2.16. The van der Waals surface area contributed by atoms with E-state index in [1.54, 1.807) is 11.8 Å². The van der Waals surface area contributed by atoms with Gasteiger partial charge < -0.3 is 5.73 Å². The molecule has 0 fully saturated rings. The summed E-state index contributed by atoms with van der Waals surface area (Å²) in [5, 5.41) is 0. The molecule has 0 heterocycles. The minimum atomic E-state index is 0.623. The van der Waals surface area contributed by atoms with Crippen molar-refractivity contribution < 1.29 is 0 Å². The van der Waals surface area contributed by atoms with E-state index in [1.807, 2.05) is 30.5 Å². The van der Waals surface area contributed by atoms with Gasteiger partial charge in [0.05, 0.1) is 0 Å². The summed E-state index contributed by atoms with van der Waals surface area (Å²) in [6.07, 6.45) is 2.05. The molecule has 2 N–H and O–H groups in total. The zero-order valence-corrected chi connectivity index (χ0v) is 7.32. The molecule has 0 amide bonds. The van der Waals surface area contributed by atoms with Crippen LogP contribution in [0.3, 0.4) is 0 Å². The molecular weight excluding hydrogens is 154 g/mol. The van der Waals surface area contributed by atoms with E-state index in [9.17, 15) is 0 Å². The highest BCUT2D eigenvalue weighted by atomic mass is 32.2. The fraction of sp³-hybridized carbons (Fsp3) is 0.111. The van der Waals surface area contributed by atoms with Crippen molar-refractivity contribution in [2.75, 3.05) is 6.26 Å². The van der Waals surface area contributed by atoms with Crippen molar-refractivity contribution in [1.29, 1.82) is 0 Å². The molecule has 1 aromatic carbocycles. The maximum Gasteiger partial charge on any atom is 0.0314 e. The lowest BCUT2D eigenvalue weighted by Gasteiger charge is -1.99. The van der Waals surface area contributed by atoms with Crippen molar-refractivity contribution in [1.82, 2.24) is 0 Å². The van der Waals surface area contributed by atoms with E-state index < -0.39 is 0 Å². The average molecular weight is 165 g/mol. The summed E-state index contributed by atoms with van der Waals surface area (Å²) in [5.41, 5.74) is 7.13. The van der Waals surface area contributed by atoms with Gasteiger partial charge in [-0.05, 0) is 24.0 Å². The number of benzene rings is 1. The largest absolute Gasteiger partial charge is 0.399 e. The third-order valence-corrected chi connectivity index (χ3v) is 2.20. The van der Waals surface area contributed by atoms with Gasteiger partial charge in [-0.25, -0.2) is 0 Å². The molecule has 1 aromatic rings. The molecule has 0 atom stereocenters. The fourth-order valence-electron chi connectivity index (χ4n) is 0.805. The number of hydrogen-bond donors (Lipinski definition) is 1. The maximum absolute atomic E-state index is 5.50. The first-order chi connectivity index (χ1) is 5.24. The summed E-state index contributed by atoms with van der Waals surface area (Å²) in [6, 6.07) is 8.04. The summed E-state index contributed by atoms with van der Waals surface area (Å²) in [4.78, 5) is 1.25. The topological polar surface area (TPSA) is 26.0 Å². The number of thioether (sulfide) groups is 1. The van der Waals surface area contributed by atoms with Crippen molar-refractivity contribution in [2.45, 2.75) is 4.90 Å². The van der Waals surface area contributed by atoms with E-state index in [-0.39, 0.29) is 0 Å². The fourth-order valence-corrected chi connectivity index (χ4v) is 1.21. The molecule has 2 heteroatoms. The second-order valence-corrected chi connectivity index (χ2v) is 3.13. The highest BCUT2D eigenvalue weighted by Gasteiger charge is 1.92. The third-order valence-electron chi connectivity index (χ3n) is 1.46. The van der Waals surface area contributed by atoms with Gasteiger partial charge in [-0.3, -0.25) is 0 Å². The Hall–Kier alpha value is -0.890. The lowest BCUT2D eigenvalue weighted by Crippen LogP contribution is -1.92. The molecule has 0 aromatic heterocycles. The summed E-state index contributed by atoms with van der Waals surface area (Å²) < 4.78 is 0. The van der Waals surface area contributed by atoms with Crippen LogP contribution in [0.15, 0.2) is 35.7 Å². The van der Waals surface area contributed by atoms with Crippen molar-refractivity contribution >= 4 is 17.5 Å². The van der Waals surface area contributed by atoms with Crippen LogP contribution in [-0.4, -0.2) is 6.26 Å². The van der Waals surface area contributed by atoms with Crippen LogP contribution >= 0.6 is 11.8 Å². The predicted molar refractivity (Wildman–Crippen MR) is 51.4 cm³/mol. The second-order valence-electron chi connectivity index (χ2n) is 2.25. The Morgan fingerprint density at radius 2 is 1.91 bits per heavy atom. The van der Waals surface area contributed by atoms with Gasteiger partial charge in [-0.1, -0.05) is 18.7 Å². The van der Waals surface area contributed by atoms with Gasteiger partial charge in [0.25, 0.3) is 0 Å². The quantitative estimate of drug-likeness (QED) is 0.681. The predicted octanol–water partition coefficient (Wildman–Crippen LogP) is 2.34. The first-order valence-corrected chi connectivity index (χ1v) is 4.55. The van der Waals surface area contributed by atoms with Crippen LogP contribution in [0.4, 0.5) is 0 Å². The average Bonchev–Trinajstić information content (AvgIpc) is 2.05. The summed E-state index contributed by atoms with van der Waals surface area (Å²) in [5.74, 6) is 0. The van der Waals surface area contributed by atoms with Crippen LogP contribution in [0.1, 0.15) is 5.56 Å². The molecule has 0 aliphatic heterocycles. The Morgan fingerprint density at radius 3 is 2.27 bits per heavy atom. The zero-order chi connectivity index (χ0) is 8.27. The summed E-state index contributed by atoms with van der Waals surface area (Å²) >= 11 is 1.72. The van der Waals surface area contributed by atoms with Crippen molar-refractivity contribution in [2.24, 2.45) is 5.73 Å². The molecule has 0 saturated heterocycles. The van der Waals surface area contributed by atoms with Crippen molar-refractivity contribution in [3.63, 3.8) is 0 Å². The Kier molecular flexibility index (Phi) is 2.60. The van der Waals surface area contributed by atoms with Gasteiger partial charge in [0.2, 0.25) is 0 Å². The molecule has 1 rings (SSSR count). The smallest absolute Gasteiger partial charge is 0.0314 e. The van der Waals surface area contributed by atoms with Crippen LogP contribution in [-0.2, 0) is 0 Å². The maximum atomic E-state index is 5.50. The van der Waals surface area contributed by atoms with E-state index in [2.05, 4.69) is 6.58 Å². The number of hydrogen-bond acceptors (Lipinski definition) is 2. The minimum Gasteiger partial charge on any atom is -0.399 e. The molecule has 0 saturated carbocycles. The standard InChI is InChI=1S/C9H11NS/c1-7(10)8-3-5-9(11-2)6-4-8/h3-6H,1,10H2,2H3. The third kappa shape index (κ3) is 2.02. The lowest BCUT2D eigenvalue weighted by atomic mass is 10.2. The molecule has 0 radical (unpaired) electrons. The normalized spacial score (nSPS) is 9.55. The monoisotopic (exact) mass is 165 g/mol. The SMILES string of the molecule is C=C(N)c1ccc(SC)cc1. The molecule has 0 spiro atoms. The molecule has 11 heavy (non-hydrogen) atoms. The van der Waals surface area contributed by atoms with Crippen LogP contribution in [0.5, 0.6) is 0 Å². The first-order valence-electron chi connectivity index (χ1n) is 3.33. The van der Waals surface area contributed by atoms with E-state index >= 15 is 0 Å². The molecule has 0 bridgehead atoms. The van der Waals surface area contributed by atoms with Gasteiger partial charge in [0, 0.05) is 10.6 Å². The molecule has 0 aliphatic carbocycles. The van der Waals surface area contributed by atoms with Crippen LogP contribution in [0, 0.1) is 0 Å². The minimum absolute atomic E-state index is 0.623. The Morgan fingerprint density at radius 1 is 1.36 bits per heavy atom. The Bertz CT molecular complexity index is 251. The highest BCUT2D eigenvalue weighted by molar-refractivity contribution is 7.98. The van der Waals surface area contributed by atoms with Gasteiger partial charge in [0.1, 0.15) is 0 Å². The number of nitrogens with two attached hydrogens (primary N) is 1. The molecule has 58 valence electrons. The molecular formula is C9H11NS. The van der Waals surface area contributed by atoms with E-state index in [0.717, 1.165) is 5.56 Å². The van der Waals surface area contributed by atoms with Crippen LogP contribution in [0.2, 0.25) is 0 Å². The zero-order valence-electron chi connectivity index (χ0n) is 6.50. The van der Waals surface area contributed by atoms with Gasteiger partial charge in [-0.15, -0.1) is 11.8 Å². The number of rotatable bonds is 2. The van der Waals surface area contributed by atoms with Crippen molar-refractivity contribution in [3.8, 4) is 0 Å². The van der Waals surface area contributed by atoms with E-state index in [4.69, 9.17) is 5.73 Å². The van der Waals surface area contributed by atoms with E-state index in [1.165, 1.54) is 4.90 Å². The van der Waals surface area contributed by atoms with Crippen molar-refractivity contribution in [3.05, 3.63) is 36.4 Å². The Balaban J connectivity index is 2.91. The molecule has 1 nitrogen and oxygen atoms in total. The van der Waals surface area contributed by atoms with Crippen LogP contribution in [0.25, 0.3) is 5.70 Å². The van der Waals surface area contributed by atoms with Gasteiger partial charge in [-0.2, -0.15) is 0 Å². The van der Waals surface area contributed by atoms with Crippen LogP contribution < -0.4 is 5.73 Å². The van der Waals surface area contributed by atoms with E-state index in [0.29, 0.717) is 5.70 Å². The van der Waals surface area contributed by atoms with Gasteiger partial charge in [0.15, 0.2) is 0 Å². The Labute approximate surface area is 71.3 Å². The molecule has 0 unspecified atom stereocenters. The summed E-state index contributed by atoms with van der Waals surface area (Å²) in [7, 11) is 0. The summed E-state index contributed by atoms with van der Waals surface area (Å²) in [6.45, 7) is 3.65. The second kappa shape index (κ2) is 3.49. The first kappa shape index (κ1) is 8.21.